The van der Waals surface area contributed by atoms with Crippen molar-refractivity contribution in [3.05, 3.63) is 102 Å². The molecule has 2 aliphatic rings. The van der Waals surface area contributed by atoms with Crippen LogP contribution < -0.4 is 10.1 Å². The van der Waals surface area contributed by atoms with E-state index in [0.717, 1.165) is 84.1 Å². The van der Waals surface area contributed by atoms with Crippen molar-refractivity contribution in [3.63, 3.8) is 0 Å². The smallest absolute Gasteiger partial charge is 0.223 e. The summed E-state index contributed by atoms with van der Waals surface area (Å²) in [6.45, 7) is 1.97. The fourth-order valence-electron chi connectivity index (χ4n) is 5.80. The van der Waals surface area contributed by atoms with Crippen molar-refractivity contribution in [2.45, 2.75) is 77.2 Å². The molecule has 0 bridgehead atoms. The third-order valence-electron chi connectivity index (χ3n) is 8.56. The van der Waals surface area contributed by atoms with Gasteiger partial charge in [0.1, 0.15) is 11.5 Å². The van der Waals surface area contributed by atoms with Gasteiger partial charge in [-0.05, 0) is 87.1 Å². The van der Waals surface area contributed by atoms with Gasteiger partial charge in [0.2, 0.25) is 5.91 Å². The van der Waals surface area contributed by atoms with Crippen LogP contribution in [0, 0.1) is 17.8 Å². The summed E-state index contributed by atoms with van der Waals surface area (Å²) in [5.41, 5.74) is 6.18. The Morgan fingerprint density at radius 3 is 2.58 bits per heavy atom. The van der Waals surface area contributed by atoms with Crippen LogP contribution in [0.2, 0.25) is 0 Å². The minimum absolute atomic E-state index is 0.00187. The summed E-state index contributed by atoms with van der Waals surface area (Å²) in [4.78, 5) is 16.9. The molecule has 0 saturated carbocycles. The summed E-state index contributed by atoms with van der Waals surface area (Å²) in [5, 5.41) is 13.9. The Labute approximate surface area is 267 Å². The predicted molar refractivity (Wildman–Crippen MR) is 186 cm³/mol. The molecule has 3 aromatic rings. The molecule has 6 heteroatoms. The second-order valence-corrected chi connectivity index (χ2v) is 11.8. The molecule has 0 saturated heterocycles. The average molecular weight is 601 g/mol. The van der Waals surface area contributed by atoms with Crippen molar-refractivity contribution in [2.24, 2.45) is 16.1 Å². The van der Waals surface area contributed by atoms with Crippen LogP contribution in [0.25, 0.3) is 10.9 Å². The first-order chi connectivity index (χ1) is 22.1. The van der Waals surface area contributed by atoms with Crippen LogP contribution in [0.3, 0.4) is 0 Å². The quantitative estimate of drug-likeness (QED) is 0.101. The van der Waals surface area contributed by atoms with Crippen molar-refractivity contribution in [3.8, 4) is 17.6 Å². The van der Waals surface area contributed by atoms with E-state index in [2.05, 4.69) is 64.7 Å². The molecule has 45 heavy (non-hydrogen) atoms. The topological polar surface area (TPSA) is 78.8 Å². The lowest BCUT2D eigenvalue weighted by Gasteiger charge is -2.22. The van der Waals surface area contributed by atoms with E-state index in [1.807, 2.05) is 49.5 Å². The van der Waals surface area contributed by atoms with Gasteiger partial charge in [0.15, 0.2) is 0 Å². The number of benzene rings is 2. The lowest BCUT2D eigenvalue weighted by Crippen LogP contribution is -2.44. The first-order valence-corrected chi connectivity index (χ1v) is 16.2. The van der Waals surface area contributed by atoms with Crippen LogP contribution in [0.15, 0.2) is 101 Å². The summed E-state index contributed by atoms with van der Waals surface area (Å²) < 4.78 is 5.28. The first kappa shape index (κ1) is 31.8. The number of carbonyl (C=O) groups is 1. The minimum Gasteiger partial charge on any atom is -0.497 e. The molecule has 2 N–H and O–H groups in total. The Morgan fingerprint density at radius 1 is 1.02 bits per heavy atom. The Kier molecular flexibility index (Phi) is 11.6. The van der Waals surface area contributed by atoms with Crippen LogP contribution >= 0.6 is 0 Å². The molecule has 1 aromatic heterocycles. The lowest BCUT2D eigenvalue weighted by atomic mass is 9.96. The summed E-state index contributed by atoms with van der Waals surface area (Å²) in [6.07, 6.45) is 21.7. The molecular weight excluding hydrogens is 556 g/mol. The van der Waals surface area contributed by atoms with E-state index in [-0.39, 0.29) is 17.9 Å². The summed E-state index contributed by atoms with van der Waals surface area (Å²) in [7, 11) is 1.67. The molecule has 0 spiro atoms. The van der Waals surface area contributed by atoms with Crippen LogP contribution in [0.5, 0.6) is 5.75 Å². The van der Waals surface area contributed by atoms with E-state index < -0.39 is 0 Å². The number of hydrogen-bond donors (Lipinski definition) is 2. The number of ether oxygens (including phenoxy) is 1. The van der Waals surface area contributed by atoms with Crippen molar-refractivity contribution in [1.82, 2.24) is 10.3 Å². The third-order valence-corrected chi connectivity index (χ3v) is 8.56. The molecule has 1 amide bonds. The van der Waals surface area contributed by atoms with E-state index in [4.69, 9.17) is 14.9 Å². The first-order valence-electron chi connectivity index (χ1n) is 16.2. The zero-order chi connectivity index (χ0) is 31.3. The molecule has 2 aromatic carbocycles. The molecule has 0 radical (unpaired) electrons. The van der Waals surface area contributed by atoms with E-state index in [1.54, 1.807) is 7.11 Å². The van der Waals surface area contributed by atoms with Crippen LogP contribution in [0.1, 0.15) is 69.4 Å². The Balaban J connectivity index is 1.38. The monoisotopic (exact) mass is 600 g/mol. The van der Waals surface area contributed by atoms with Gasteiger partial charge in [-0.2, -0.15) is 5.10 Å². The third kappa shape index (κ3) is 9.43. The van der Waals surface area contributed by atoms with Crippen molar-refractivity contribution in [2.75, 3.05) is 7.11 Å². The number of rotatable bonds is 11. The number of nitrogens with zero attached hydrogens (tertiary/aromatic N) is 2. The van der Waals surface area contributed by atoms with Crippen LogP contribution in [-0.2, 0) is 17.6 Å². The number of para-hydroxylation sites is 1. The van der Waals surface area contributed by atoms with Crippen molar-refractivity contribution in [1.29, 1.82) is 0 Å². The lowest BCUT2D eigenvalue weighted by molar-refractivity contribution is -0.125. The Morgan fingerprint density at radius 2 is 1.82 bits per heavy atom. The number of carbonyl (C=O) groups excluding carboxylic acids is 1. The standard InChI is InChI=1S/C39H44N4O2/c1-29(38(41-39(44)32-16-8-3-4-9-17-32)27-33-28-40-37-20-11-10-19-36(33)37)42-43-34(24-21-30-13-6-5-7-14-30)18-12-15-31-22-25-35(45-2)26-23-31/h3-4,6,10-11,13-14,19-20,22-23,25-26,28,32,38,40H,5,7-9,15-17,21,24,27H2,1-2H3,(H,41,44)/b42-29+,43-34+/t38-/m1/s1. The van der Waals surface area contributed by atoms with Crippen LogP contribution in [-0.4, -0.2) is 35.5 Å². The maximum Gasteiger partial charge on any atom is 0.223 e. The fraction of sp³-hybridized carbons (Fsp3) is 0.359. The van der Waals surface area contributed by atoms with Gasteiger partial charge >= 0.3 is 0 Å². The van der Waals surface area contributed by atoms with E-state index in [1.165, 1.54) is 5.57 Å². The van der Waals surface area contributed by atoms with Gasteiger partial charge in [-0.25, -0.2) is 0 Å². The fourth-order valence-corrected chi connectivity index (χ4v) is 5.80. The van der Waals surface area contributed by atoms with Gasteiger partial charge in [-0.1, -0.05) is 72.2 Å². The van der Waals surface area contributed by atoms with E-state index in [0.29, 0.717) is 19.3 Å². The zero-order valence-corrected chi connectivity index (χ0v) is 26.5. The van der Waals surface area contributed by atoms with Crippen molar-refractivity contribution >= 4 is 28.2 Å². The van der Waals surface area contributed by atoms with E-state index in [9.17, 15) is 4.79 Å². The molecule has 2 aliphatic carbocycles. The number of aromatic amines is 1. The van der Waals surface area contributed by atoms with Crippen LogP contribution in [0.4, 0.5) is 0 Å². The normalized spacial score (nSPS) is 16.4. The second-order valence-electron chi connectivity index (χ2n) is 11.8. The highest BCUT2D eigenvalue weighted by atomic mass is 16.5. The Hall–Kier alpha value is -4.63. The van der Waals surface area contributed by atoms with E-state index >= 15 is 0 Å². The highest BCUT2D eigenvalue weighted by Gasteiger charge is 2.24. The number of amides is 1. The van der Waals surface area contributed by atoms with Gasteiger partial charge in [-0.3, -0.25) is 4.79 Å². The summed E-state index contributed by atoms with van der Waals surface area (Å²) >= 11 is 0. The number of methoxy groups -OCH3 is 1. The van der Waals surface area contributed by atoms with Gasteiger partial charge in [-0.15, -0.1) is 5.10 Å². The molecular formula is C39H44N4O2. The summed E-state index contributed by atoms with van der Waals surface area (Å²) in [5.74, 6) is 7.54. The number of nitrogens with one attached hydrogen (secondary N) is 2. The Bertz CT molecular complexity index is 1650. The number of H-pyrrole nitrogens is 1. The molecule has 1 heterocycles. The summed E-state index contributed by atoms with van der Waals surface area (Å²) in [6, 6.07) is 16.0. The van der Waals surface area contributed by atoms with Gasteiger partial charge < -0.3 is 15.0 Å². The maximum atomic E-state index is 13.5. The van der Waals surface area contributed by atoms with Crippen molar-refractivity contribution < 1.29 is 9.53 Å². The maximum absolute atomic E-state index is 13.5. The zero-order valence-electron chi connectivity index (χ0n) is 26.5. The number of fused-ring (bicyclic) bond motifs is 1. The highest BCUT2D eigenvalue weighted by Crippen LogP contribution is 2.22. The number of allylic oxidation sites excluding steroid dienone is 6. The molecule has 232 valence electrons. The highest BCUT2D eigenvalue weighted by molar-refractivity contribution is 6.01. The molecule has 1 atom stereocenters. The molecule has 0 fully saturated rings. The average Bonchev–Trinajstić information content (AvgIpc) is 3.28. The molecule has 0 aliphatic heterocycles. The molecule has 0 unspecified atom stereocenters. The van der Waals surface area contributed by atoms with Gasteiger partial charge in [0.25, 0.3) is 0 Å². The molecule has 6 nitrogen and oxygen atoms in total. The molecule has 5 rings (SSSR count). The predicted octanol–water partition coefficient (Wildman–Crippen LogP) is 8.07. The largest absolute Gasteiger partial charge is 0.497 e. The number of aromatic nitrogens is 1. The van der Waals surface area contributed by atoms with Gasteiger partial charge in [0.05, 0.1) is 18.9 Å². The minimum atomic E-state index is -0.283. The SMILES string of the molecule is COc1ccc(CC#C/C(CCC2=CCCC=C2)=N\N=C(/C)[C@@H](Cc2c[nH]c3ccccc23)NC(=O)C2CCC=CCC2)cc1. The number of hydrogen-bond acceptors (Lipinski definition) is 4. The second kappa shape index (κ2) is 16.4. The van der Waals surface area contributed by atoms with Gasteiger partial charge in [0, 0.05) is 42.3 Å².